The summed E-state index contributed by atoms with van der Waals surface area (Å²) < 4.78 is 0. The van der Waals surface area contributed by atoms with E-state index in [1.807, 2.05) is 42.2 Å². The Kier molecular flexibility index (Phi) is 4.99. The highest BCUT2D eigenvalue weighted by Gasteiger charge is 2.34. The molecule has 1 heterocycles. The topological polar surface area (TPSA) is 49.4 Å². The number of hydrogen-bond acceptors (Lipinski definition) is 2. The molecule has 0 aliphatic carbocycles. The molecular formula is C17H24N2O2. The summed E-state index contributed by atoms with van der Waals surface area (Å²) in [4.78, 5) is 26.7. The van der Waals surface area contributed by atoms with Crippen LogP contribution in [0.1, 0.15) is 45.2 Å². The molecular weight excluding hydrogens is 264 g/mol. The van der Waals surface area contributed by atoms with Crippen molar-refractivity contribution >= 4 is 11.8 Å². The average Bonchev–Trinajstić information content (AvgIpc) is 2.54. The minimum Gasteiger partial charge on any atom is -0.340 e. The quantitative estimate of drug-likeness (QED) is 0.925. The van der Waals surface area contributed by atoms with Crippen LogP contribution in [-0.4, -0.2) is 29.3 Å². The smallest absolute Gasteiger partial charge is 0.250 e. The van der Waals surface area contributed by atoms with E-state index >= 15 is 0 Å². The van der Waals surface area contributed by atoms with E-state index in [2.05, 4.69) is 19.2 Å². The fourth-order valence-electron chi connectivity index (χ4n) is 2.64. The van der Waals surface area contributed by atoms with Crippen molar-refractivity contribution in [1.29, 1.82) is 0 Å². The summed E-state index contributed by atoms with van der Waals surface area (Å²) in [5.41, 5.74) is 0.847. The highest BCUT2D eigenvalue weighted by molar-refractivity contribution is 5.91. The van der Waals surface area contributed by atoms with Gasteiger partial charge in [-0.3, -0.25) is 9.59 Å². The van der Waals surface area contributed by atoms with Crippen LogP contribution in [0, 0.1) is 5.92 Å². The molecule has 21 heavy (non-hydrogen) atoms. The van der Waals surface area contributed by atoms with E-state index in [4.69, 9.17) is 0 Å². The standard InChI is InChI=1S/C17H24N2O2/c1-12(2)9-10-19-13(3)11-15(20)18-16(17(19)21)14-7-5-4-6-8-14/h4-8,12-13,16H,9-11H2,1-3H3,(H,18,20). The Morgan fingerprint density at radius 2 is 1.90 bits per heavy atom. The monoisotopic (exact) mass is 288 g/mol. The van der Waals surface area contributed by atoms with Gasteiger partial charge in [0, 0.05) is 19.0 Å². The van der Waals surface area contributed by atoms with E-state index in [-0.39, 0.29) is 17.9 Å². The lowest BCUT2D eigenvalue weighted by Crippen LogP contribution is -2.42. The molecule has 2 atom stereocenters. The van der Waals surface area contributed by atoms with E-state index in [0.29, 0.717) is 18.9 Å². The van der Waals surface area contributed by atoms with Crippen LogP contribution in [0.15, 0.2) is 30.3 Å². The Bertz CT molecular complexity index is 499. The van der Waals surface area contributed by atoms with Crippen molar-refractivity contribution in [2.45, 2.75) is 45.7 Å². The largest absolute Gasteiger partial charge is 0.340 e. The average molecular weight is 288 g/mol. The Morgan fingerprint density at radius 1 is 1.24 bits per heavy atom. The normalized spacial score (nSPS) is 23.1. The first-order valence-corrected chi connectivity index (χ1v) is 7.64. The summed E-state index contributed by atoms with van der Waals surface area (Å²) in [7, 11) is 0. The molecule has 1 aromatic carbocycles. The first-order valence-electron chi connectivity index (χ1n) is 7.64. The van der Waals surface area contributed by atoms with Gasteiger partial charge in [0.15, 0.2) is 0 Å². The molecule has 0 radical (unpaired) electrons. The van der Waals surface area contributed by atoms with E-state index in [1.165, 1.54) is 0 Å². The number of hydrogen-bond donors (Lipinski definition) is 1. The molecule has 1 aliphatic rings. The molecule has 4 nitrogen and oxygen atoms in total. The third kappa shape index (κ3) is 3.84. The van der Waals surface area contributed by atoms with Crippen LogP contribution in [0.2, 0.25) is 0 Å². The minimum absolute atomic E-state index is 0.000185. The van der Waals surface area contributed by atoms with Gasteiger partial charge in [-0.25, -0.2) is 0 Å². The van der Waals surface area contributed by atoms with Gasteiger partial charge in [0.05, 0.1) is 0 Å². The van der Waals surface area contributed by atoms with E-state index in [0.717, 1.165) is 12.0 Å². The van der Waals surface area contributed by atoms with E-state index < -0.39 is 6.04 Å². The molecule has 1 N–H and O–H groups in total. The number of carbonyl (C=O) groups is 2. The van der Waals surface area contributed by atoms with Crippen LogP contribution in [0.3, 0.4) is 0 Å². The Hall–Kier alpha value is -1.84. The summed E-state index contributed by atoms with van der Waals surface area (Å²) in [5, 5.41) is 2.86. The van der Waals surface area contributed by atoms with Gasteiger partial charge < -0.3 is 10.2 Å². The number of benzene rings is 1. The summed E-state index contributed by atoms with van der Waals surface area (Å²) in [5.74, 6) is 0.476. The molecule has 2 rings (SSSR count). The van der Waals surface area contributed by atoms with Crippen molar-refractivity contribution in [1.82, 2.24) is 10.2 Å². The maximum Gasteiger partial charge on any atom is 0.250 e. The maximum atomic E-state index is 12.8. The highest BCUT2D eigenvalue weighted by atomic mass is 16.2. The molecule has 4 heteroatoms. The van der Waals surface area contributed by atoms with Gasteiger partial charge in [0.1, 0.15) is 6.04 Å². The Labute approximate surface area is 126 Å². The highest BCUT2D eigenvalue weighted by Crippen LogP contribution is 2.22. The number of carbonyl (C=O) groups excluding carboxylic acids is 2. The zero-order valence-corrected chi connectivity index (χ0v) is 13.0. The Balaban J connectivity index is 2.24. The molecule has 1 fully saturated rings. The fraction of sp³-hybridized carbons (Fsp3) is 0.529. The van der Waals surface area contributed by atoms with Gasteiger partial charge in [-0.05, 0) is 24.8 Å². The third-order valence-corrected chi connectivity index (χ3v) is 3.93. The van der Waals surface area contributed by atoms with Crippen LogP contribution < -0.4 is 5.32 Å². The fourth-order valence-corrected chi connectivity index (χ4v) is 2.64. The predicted octanol–water partition coefficient (Wildman–Crippen LogP) is 2.51. The molecule has 0 aromatic heterocycles. The van der Waals surface area contributed by atoms with Crippen molar-refractivity contribution in [3.63, 3.8) is 0 Å². The number of nitrogens with zero attached hydrogens (tertiary/aromatic N) is 1. The molecule has 1 aliphatic heterocycles. The third-order valence-electron chi connectivity index (χ3n) is 3.93. The number of rotatable bonds is 4. The number of amides is 2. The lowest BCUT2D eigenvalue weighted by molar-refractivity contribution is -0.135. The van der Waals surface area contributed by atoms with Crippen molar-refractivity contribution in [2.24, 2.45) is 5.92 Å². The molecule has 1 aromatic rings. The van der Waals surface area contributed by atoms with E-state index in [9.17, 15) is 9.59 Å². The molecule has 2 unspecified atom stereocenters. The summed E-state index contributed by atoms with van der Waals surface area (Å²) in [6.07, 6.45) is 1.32. The van der Waals surface area contributed by atoms with Gasteiger partial charge in [-0.15, -0.1) is 0 Å². The van der Waals surface area contributed by atoms with Crippen molar-refractivity contribution in [3.8, 4) is 0 Å². The lowest BCUT2D eigenvalue weighted by atomic mass is 10.0. The SMILES string of the molecule is CC(C)CCN1C(=O)C(c2ccccc2)NC(=O)CC1C. The molecule has 0 bridgehead atoms. The van der Waals surface area contributed by atoms with Gasteiger partial charge in [0.25, 0.3) is 0 Å². The van der Waals surface area contributed by atoms with E-state index in [1.54, 1.807) is 0 Å². The minimum atomic E-state index is -0.559. The Morgan fingerprint density at radius 3 is 2.52 bits per heavy atom. The van der Waals surface area contributed by atoms with Crippen LogP contribution >= 0.6 is 0 Å². The van der Waals surface area contributed by atoms with Crippen molar-refractivity contribution in [2.75, 3.05) is 6.54 Å². The van der Waals surface area contributed by atoms with Gasteiger partial charge in [-0.2, -0.15) is 0 Å². The summed E-state index contributed by atoms with van der Waals surface area (Å²) in [6, 6.07) is 8.86. The van der Waals surface area contributed by atoms with Gasteiger partial charge in [-0.1, -0.05) is 44.2 Å². The lowest BCUT2D eigenvalue weighted by Gasteiger charge is -2.29. The second-order valence-corrected chi connectivity index (χ2v) is 6.18. The number of nitrogens with one attached hydrogen (secondary N) is 1. The van der Waals surface area contributed by atoms with Gasteiger partial charge in [0.2, 0.25) is 11.8 Å². The van der Waals surface area contributed by atoms with Crippen LogP contribution in [0.5, 0.6) is 0 Å². The van der Waals surface area contributed by atoms with Crippen molar-refractivity contribution < 1.29 is 9.59 Å². The second-order valence-electron chi connectivity index (χ2n) is 6.18. The second kappa shape index (κ2) is 6.74. The van der Waals surface area contributed by atoms with Crippen LogP contribution in [0.25, 0.3) is 0 Å². The zero-order valence-electron chi connectivity index (χ0n) is 13.0. The molecule has 2 amide bonds. The predicted molar refractivity (Wildman–Crippen MR) is 82.6 cm³/mol. The first kappa shape index (κ1) is 15.5. The molecule has 114 valence electrons. The molecule has 0 saturated carbocycles. The van der Waals surface area contributed by atoms with Gasteiger partial charge >= 0.3 is 0 Å². The van der Waals surface area contributed by atoms with Crippen LogP contribution in [0.4, 0.5) is 0 Å². The molecule has 0 spiro atoms. The first-order chi connectivity index (χ1) is 9.99. The zero-order chi connectivity index (χ0) is 15.4. The summed E-state index contributed by atoms with van der Waals surface area (Å²) in [6.45, 7) is 6.94. The maximum absolute atomic E-state index is 12.8. The van der Waals surface area contributed by atoms with Crippen LogP contribution in [-0.2, 0) is 9.59 Å². The van der Waals surface area contributed by atoms with Crippen molar-refractivity contribution in [3.05, 3.63) is 35.9 Å². The summed E-state index contributed by atoms with van der Waals surface area (Å²) >= 11 is 0. The molecule has 1 saturated heterocycles.